The summed E-state index contributed by atoms with van der Waals surface area (Å²) in [4.78, 5) is 4.46. The van der Waals surface area contributed by atoms with E-state index in [0.717, 1.165) is 30.0 Å². The topological polar surface area (TPSA) is 35.3 Å². The fourth-order valence-corrected chi connectivity index (χ4v) is 1.57. The maximum atomic E-state index is 5.59. The highest BCUT2D eigenvalue weighted by atomic mass is 16.6. The van der Waals surface area contributed by atoms with Gasteiger partial charge in [0.1, 0.15) is 0 Å². The third-order valence-corrected chi connectivity index (χ3v) is 2.43. The van der Waals surface area contributed by atoms with Crippen molar-refractivity contribution in [3.8, 4) is 17.2 Å². The molecule has 1 aromatic carbocycles. The zero-order chi connectivity index (χ0) is 12.1. The Morgan fingerprint density at radius 1 is 1.18 bits per heavy atom. The quantitative estimate of drug-likeness (QED) is 0.787. The molecule has 90 valence electrons. The fraction of sp³-hybridized carbons (Fsp3) is 0.357. The third kappa shape index (κ3) is 2.67. The molecule has 0 spiro atoms. The molecule has 0 aliphatic carbocycles. The number of oxazole rings is 1. The van der Waals surface area contributed by atoms with Crippen molar-refractivity contribution < 1.29 is 9.15 Å². The summed E-state index contributed by atoms with van der Waals surface area (Å²) in [5.74, 6) is 1.25. The van der Waals surface area contributed by atoms with Crippen molar-refractivity contribution in [2.45, 2.75) is 26.7 Å². The van der Waals surface area contributed by atoms with Crippen molar-refractivity contribution >= 4 is 0 Å². The van der Waals surface area contributed by atoms with Crippen LogP contribution in [0.4, 0.5) is 0 Å². The molecule has 0 aliphatic heterocycles. The van der Waals surface area contributed by atoms with Crippen LogP contribution in [-0.4, -0.2) is 11.6 Å². The molecule has 3 nitrogen and oxygen atoms in total. The average Bonchev–Trinajstić information content (AvgIpc) is 2.80. The molecule has 1 aromatic heterocycles. The van der Waals surface area contributed by atoms with Crippen LogP contribution >= 0.6 is 0 Å². The van der Waals surface area contributed by atoms with Gasteiger partial charge in [-0.2, -0.15) is 0 Å². The van der Waals surface area contributed by atoms with E-state index in [0.29, 0.717) is 12.6 Å². The Kier molecular flexibility index (Phi) is 3.81. The van der Waals surface area contributed by atoms with Crippen LogP contribution in [0.25, 0.3) is 11.3 Å². The van der Waals surface area contributed by atoms with Gasteiger partial charge in [-0.3, -0.25) is 0 Å². The Morgan fingerprint density at radius 2 is 1.94 bits per heavy atom. The third-order valence-electron chi connectivity index (χ3n) is 2.43. The van der Waals surface area contributed by atoms with Crippen LogP contribution in [0.5, 0.6) is 5.95 Å². The minimum absolute atomic E-state index is 0.537. The Hall–Kier alpha value is -1.77. The fourth-order valence-electron chi connectivity index (χ4n) is 1.57. The second-order valence-corrected chi connectivity index (χ2v) is 3.81. The first-order valence-corrected chi connectivity index (χ1v) is 6.03. The van der Waals surface area contributed by atoms with Gasteiger partial charge in [0.2, 0.25) is 0 Å². The molecule has 0 saturated carbocycles. The van der Waals surface area contributed by atoms with Crippen molar-refractivity contribution in [1.82, 2.24) is 4.98 Å². The molecule has 0 atom stereocenters. The van der Waals surface area contributed by atoms with Gasteiger partial charge in [0, 0.05) is 12.0 Å². The summed E-state index contributed by atoms with van der Waals surface area (Å²) < 4.78 is 11.2. The summed E-state index contributed by atoms with van der Waals surface area (Å²) in [6.45, 7) is 4.74. The summed E-state index contributed by atoms with van der Waals surface area (Å²) >= 11 is 0. The second kappa shape index (κ2) is 5.53. The largest absolute Gasteiger partial charge is 0.464 e. The summed E-state index contributed by atoms with van der Waals surface area (Å²) in [5.41, 5.74) is 1.83. The smallest absolute Gasteiger partial charge is 0.313 e. The van der Waals surface area contributed by atoms with Gasteiger partial charge < -0.3 is 9.15 Å². The second-order valence-electron chi connectivity index (χ2n) is 3.81. The lowest BCUT2D eigenvalue weighted by Gasteiger charge is -2.02. The standard InChI is InChI=1S/C14H17NO2/c1-3-10-16-14-13(15-12(4-2)17-14)11-8-6-5-7-9-11/h5-9H,3-4,10H2,1-2H3. The number of hydrogen-bond donors (Lipinski definition) is 0. The SMILES string of the molecule is CCCOc1oc(CC)nc1-c1ccccc1. The normalized spacial score (nSPS) is 10.5. The van der Waals surface area contributed by atoms with Crippen LogP contribution in [0.2, 0.25) is 0 Å². The minimum Gasteiger partial charge on any atom is -0.464 e. The van der Waals surface area contributed by atoms with E-state index in [-0.39, 0.29) is 0 Å². The van der Waals surface area contributed by atoms with Crippen LogP contribution in [0.1, 0.15) is 26.2 Å². The Morgan fingerprint density at radius 3 is 2.59 bits per heavy atom. The molecule has 3 heteroatoms. The monoisotopic (exact) mass is 231 g/mol. The molecule has 0 aliphatic rings. The highest BCUT2D eigenvalue weighted by Crippen LogP contribution is 2.30. The highest BCUT2D eigenvalue weighted by Gasteiger charge is 2.15. The van der Waals surface area contributed by atoms with Crippen molar-refractivity contribution in [3.05, 3.63) is 36.2 Å². The summed E-state index contributed by atoms with van der Waals surface area (Å²) in [7, 11) is 0. The lowest BCUT2D eigenvalue weighted by molar-refractivity contribution is 0.238. The van der Waals surface area contributed by atoms with E-state index in [1.807, 2.05) is 37.3 Å². The molecule has 0 unspecified atom stereocenters. The first-order chi connectivity index (χ1) is 8.35. The Bertz CT molecular complexity index is 462. The Labute approximate surface area is 101 Å². The van der Waals surface area contributed by atoms with E-state index >= 15 is 0 Å². The first kappa shape index (κ1) is 11.7. The van der Waals surface area contributed by atoms with Gasteiger partial charge in [-0.05, 0) is 6.42 Å². The number of benzene rings is 1. The van der Waals surface area contributed by atoms with Crippen LogP contribution in [0.15, 0.2) is 34.7 Å². The van der Waals surface area contributed by atoms with E-state index in [1.54, 1.807) is 0 Å². The number of hydrogen-bond acceptors (Lipinski definition) is 3. The molecular weight excluding hydrogens is 214 g/mol. The molecule has 0 amide bonds. The van der Waals surface area contributed by atoms with Gasteiger partial charge in [0.05, 0.1) is 6.61 Å². The molecule has 17 heavy (non-hydrogen) atoms. The van der Waals surface area contributed by atoms with Gasteiger partial charge >= 0.3 is 5.95 Å². The predicted molar refractivity (Wildman–Crippen MR) is 67.1 cm³/mol. The van der Waals surface area contributed by atoms with E-state index in [1.165, 1.54) is 0 Å². The van der Waals surface area contributed by atoms with Gasteiger partial charge in [0.25, 0.3) is 0 Å². The molecule has 2 rings (SSSR count). The van der Waals surface area contributed by atoms with E-state index in [4.69, 9.17) is 9.15 Å². The van der Waals surface area contributed by atoms with Crippen LogP contribution in [-0.2, 0) is 6.42 Å². The van der Waals surface area contributed by atoms with Crippen molar-refractivity contribution in [2.24, 2.45) is 0 Å². The van der Waals surface area contributed by atoms with Gasteiger partial charge in [-0.25, -0.2) is 4.98 Å². The van der Waals surface area contributed by atoms with Gasteiger partial charge in [-0.1, -0.05) is 44.2 Å². The van der Waals surface area contributed by atoms with Crippen LogP contribution in [0.3, 0.4) is 0 Å². The van der Waals surface area contributed by atoms with E-state index in [9.17, 15) is 0 Å². The van der Waals surface area contributed by atoms with Gasteiger partial charge in [-0.15, -0.1) is 0 Å². The molecule has 2 aromatic rings. The minimum atomic E-state index is 0.537. The van der Waals surface area contributed by atoms with Gasteiger partial charge in [0.15, 0.2) is 11.6 Å². The molecule has 1 heterocycles. The van der Waals surface area contributed by atoms with Crippen LogP contribution in [0, 0.1) is 0 Å². The molecule has 0 saturated heterocycles. The number of ether oxygens (including phenoxy) is 1. The lowest BCUT2D eigenvalue weighted by Crippen LogP contribution is -1.95. The molecular formula is C14H17NO2. The maximum absolute atomic E-state index is 5.59. The van der Waals surface area contributed by atoms with Crippen molar-refractivity contribution in [2.75, 3.05) is 6.61 Å². The summed E-state index contributed by atoms with van der Waals surface area (Å²) in [6.07, 6.45) is 1.73. The Balaban J connectivity index is 2.34. The van der Waals surface area contributed by atoms with E-state index < -0.39 is 0 Å². The predicted octanol–water partition coefficient (Wildman–Crippen LogP) is 3.69. The van der Waals surface area contributed by atoms with Crippen molar-refractivity contribution in [3.63, 3.8) is 0 Å². The number of aromatic nitrogens is 1. The average molecular weight is 231 g/mol. The number of aryl methyl sites for hydroxylation is 1. The summed E-state index contributed by atoms with van der Waals surface area (Å²) in [5, 5.41) is 0. The highest BCUT2D eigenvalue weighted by molar-refractivity contribution is 5.63. The zero-order valence-electron chi connectivity index (χ0n) is 10.3. The number of nitrogens with zero attached hydrogens (tertiary/aromatic N) is 1. The molecule has 0 bridgehead atoms. The molecule has 0 radical (unpaired) electrons. The number of rotatable bonds is 5. The molecule has 0 N–H and O–H groups in total. The maximum Gasteiger partial charge on any atom is 0.313 e. The molecule has 0 fully saturated rings. The van der Waals surface area contributed by atoms with E-state index in [2.05, 4.69) is 11.9 Å². The summed E-state index contributed by atoms with van der Waals surface area (Å²) in [6, 6.07) is 9.97. The first-order valence-electron chi connectivity index (χ1n) is 6.03. The lowest BCUT2D eigenvalue weighted by atomic mass is 10.2. The zero-order valence-corrected chi connectivity index (χ0v) is 10.3. The van der Waals surface area contributed by atoms with Crippen LogP contribution < -0.4 is 4.74 Å². The van der Waals surface area contributed by atoms with Crippen molar-refractivity contribution in [1.29, 1.82) is 0 Å².